The summed E-state index contributed by atoms with van der Waals surface area (Å²) in [6.07, 6.45) is 0. The first kappa shape index (κ1) is 61.6. The Morgan fingerprint density at radius 3 is 0.310 bits per heavy atom. The molecule has 0 atom stereocenters. The Balaban J connectivity index is 0.710. The maximum Gasteiger partial charge on any atom is 0.0463 e. The highest BCUT2D eigenvalue weighted by atomic mass is 15.2. The minimum Gasteiger partial charge on any atom is -0.311 e. The Labute approximate surface area is 586 Å². The highest BCUT2D eigenvalue weighted by molar-refractivity contribution is 5.87. The minimum atomic E-state index is 1.04. The van der Waals surface area contributed by atoms with Gasteiger partial charge in [-0.05, 0) is 223 Å². The highest BCUT2D eigenvalue weighted by Crippen LogP contribution is 2.44. The first-order valence-corrected chi connectivity index (χ1v) is 34.1. The van der Waals surface area contributed by atoms with Crippen LogP contribution in [-0.4, -0.2) is 0 Å². The van der Waals surface area contributed by atoms with Crippen LogP contribution in [0, 0.1) is 0 Å². The van der Waals surface area contributed by atoms with E-state index in [1.165, 1.54) is 61.2 Å². The lowest BCUT2D eigenvalue weighted by Gasteiger charge is -2.29. The van der Waals surface area contributed by atoms with Gasteiger partial charge in [0.2, 0.25) is 0 Å². The van der Waals surface area contributed by atoms with E-state index in [0.717, 1.165) is 84.9 Å². The molecule has 0 saturated carbocycles. The van der Waals surface area contributed by atoms with Crippen molar-refractivity contribution in [1.82, 2.24) is 0 Å². The van der Waals surface area contributed by atoms with E-state index >= 15 is 0 Å². The van der Waals surface area contributed by atoms with Crippen LogP contribution in [0.5, 0.6) is 0 Å². The minimum absolute atomic E-state index is 1.04. The average Bonchev–Trinajstić information content (AvgIpc) is 0.795. The fourth-order valence-electron chi connectivity index (χ4n) is 13.5. The number of para-hydroxylation sites is 1. The molecule has 16 aromatic carbocycles. The summed E-state index contributed by atoms with van der Waals surface area (Å²) in [6, 6.07) is 153. The van der Waals surface area contributed by atoms with Gasteiger partial charge in [0.25, 0.3) is 0 Å². The van der Waals surface area contributed by atoms with Crippen molar-refractivity contribution in [1.29, 1.82) is 0 Å². The normalized spacial score (nSPS) is 11.0. The lowest BCUT2D eigenvalue weighted by molar-refractivity contribution is 1.25. The van der Waals surface area contributed by atoms with E-state index in [0.29, 0.717) is 0 Å². The molecule has 4 nitrogen and oxygen atoms in total. The molecule has 0 aromatic heterocycles. The van der Waals surface area contributed by atoms with Crippen LogP contribution in [0.25, 0.3) is 77.9 Å². The van der Waals surface area contributed by atoms with Gasteiger partial charge in [-0.25, -0.2) is 0 Å². The van der Waals surface area contributed by atoms with E-state index in [-0.39, 0.29) is 0 Å². The summed E-state index contributed by atoms with van der Waals surface area (Å²) in [7, 11) is 0. The van der Waals surface area contributed by atoms with Crippen molar-refractivity contribution < 1.29 is 0 Å². The quantitative estimate of drug-likeness (QED) is 0.0800. The maximum absolute atomic E-state index is 2.36. The van der Waals surface area contributed by atoms with Gasteiger partial charge in [0.1, 0.15) is 0 Å². The second-order valence-electron chi connectivity index (χ2n) is 24.9. The summed E-state index contributed by atoms with van der Waals surface area (Å²) in [6.45, 7) is 0. The molecular weight excluding hydrogens is 1210 g/mol. The van der Waals surface area contributed by atoms with Gasteiger partial charge in [-0.1, -0.05) is 279 Å². The van der Waals surface area contributed by atoms with Crippen LogP contribution in [0.15, 0.2) is 425 Å². The zero-order valence-corrected chi connectivity index (χ0v) is 55.2. The first-order valence-electron chi connectivity index (χ1n) is 34.1. The number of hydrogen-bond acceptors (Lipinski definition) is 4. The van der Waals surface area contributed by atoms with Gasteiger partial charge in [-0.15, -0.1) is 0 Å². The Morgan fingerprint density at radius 1 is 0.0800 bits per heavy atom. The predicted molar refractivity (Wildman–Crippen MR) is 423 cm³/mol. The van der Waals surface area contributed by atoms with Gasteiger partial charge in [0.15, 0.2) is 0 Å². The molecule has 16 rings (SSSR count). The van der Waals surface area contributed by atoms with E-state index in [9.17, 15) is 0 Å². The average molecular weight is 1280 g/mol. The van der Waals surface area contributed by atoms with E-state index < -0.39 is 0 Å². The maximum atomic E-state index is 2.36. The number of anilines is 12. The lowest BCUT2D eigenvalue weighted by atomic mass is 10.00. The summed E-state index contributed by atoms with van der Waals surface area (Å²) in [4.78, 5) is 9.38. The molecule has 0 aliphatic carbocycles. The molecule has 0 saturated heterocycles. The van der Waals surface area contributed by atoms with Crippen LogP contribution >= 0.6 is 0 Å². The summed E-state index contributed by atoms with van der Waals surface area (Å²) < 4.78 is 0. The second-order valence-corrected chi connectivity index (χ2v) is 24.9. The zero-order chi connectivity index (χ0) is 66.8. The molecular formula is C96H70N4. The Kier molecular flexibility index (Phi) is 17.6. The van der Waals surface area contributed by atoms with Crippen molar-refractivity contribution >= 4 is 68.2 Å². The van der Waals surface area contributed by atoms with Crippen molar-refractivity contribution in [2.75, 3.05) is 19.6 Å². The number of rotatable bonds is 19. The van der Waals surface area contributed by atoms with Gasteiger partial charge < -0.3 is 19.6 Å². The Bertz CT molecular complexity index is 5110. The molecule has 0 bridgehead atoms. The molecule has 0 fully saturated rings. The molecule has 0 aliphatic heterocycles. The Morgan fingerprint density at radius 2 is 0.170 bits per heavy atom. The van der Waals surface area contributed by atoms with Crippen molar-refractivity contribution in [3.63, 3.8) is 0 Å². The number of hydrogen-bond donors (Lipinski definition) is 0. The topological polar surface area (TPSA) is 13.0 Å². The van der Waals surface area contributed by atoms with Crippen molar-refractivity contribution in [3.8, 4) is 77.9 Å². The van der Waals surface area contributed by atoms with Gasteiger partial charge in [-0.3, -0.25) is 0 Å². The molecule has 0 amide bonds. The monoisotopic (exact) mass is 1280 g/mol. The highest BCUT2D eigenvalue weighted by Gasteiger charge is 2.21. The largest absolute Gasteiger partial charge is 0.311 e. The van der Waals surface area contributed by atoms with Crippen molar-refractivity contribution in [2.24, 2.45) is 0 Å². The van der Waals surface area contributed by atoms with Gasteiger partial charge in [0, 0.05) is 68.2 Å². The van der Waals surface area contributed by atoms with Gasteiger partial charge >= 0.3 is 0 Å². The van der Waals surface area contributed by atoms with E-state index in [1.807, 2.05) is 0 Å². The van der Waals surface area contributed by atoms with E-state index in [2.05, 4.69) is 444 Å². The predicted octanol–water partition coefficient (Wildman–Crippen LogP) is 27.2. The molecule has 0 heterocycles. The van der Waals surface area contributed by atoms with Gasteiger partial charge in [-0.2, -0.15) is 0 Å². The number of benzene rings is 16. The standard InChI is InChI=1S/C96H70N4/c1-7-19-71(20-8-1)76-31-33-77(34-32-76)82-43-59-91(60-44-82)100(96-69-67-95(68-70-96)99(89-53-39-80(40-54-89)74-25-13-4-14-26-74)90-55-41-81(42-56-90)75-27-15-5-16-28-75)92-61-47-84(48-62-92)83-45-57-86(58-46-83)97(85-29-17-6-18-30-85)93-63-65-94(66-64-93)98(87-49-35-78(36-50-87)72-21-9-2-10-22-72)88-51-37-79(38-52-88)73-23-11-3-12-24-73/h1-70H. The molecule has 0 unspecified atom stereocenters. The summed E-state index contributed by atoms with van der Waals surface area (Å²) in [5, 5.41) is 0. The van der Waals surface area contributed by atoms with E-state index in [4.69, 9.17) is 0 Å². The molecule has 474 valence electrons. The molecule has 0 radical (unpaired) electrons. The van der Waals surface area contributed by atoms with E-state index in [1.54, 1.807) is 0 Å². The summed E-state index contributed by atoms with van der Waals surface area (Å²) >= 11 is 0. The third-order valence-electron chi connectivity index (χ3n) is 18.7. The fourth-order valence-corrected chi connectivity index (χ4v) is 13.5. The third kappa shape index (κ3) is 13.4. The molecule has 0 spiro atoms. The summed E-state index contributed by atoms with van der Waals surface area (Å²) in [5.41, 5.74) is 29.2. The second kappa shape index (κ2) is 28.6. The van der Waals surface area contributed by atoms with Crippen LogP contribution in [0.3, 0.4) is 0 Å². The van der Waals surface area contributed by atoms with Crippen LogP contribution in [0.1, 0.15) is 0 Å². The van der Waals surface area contributed by atoms with Crippen LogP contribution < -0.4 is 19.6 Å². The third-order valence-corrected chi connectivity index (χ3v) is 18.7. The number of nitrogens with zero attached hydrogens (tertiary/aromatic N) is 4. The van der Waals surface area contributed by atoms with Crippen molar-refractivity contribution in [2.45, 2.75) is 0 Å². The fraction of sp³-hybridized carbons (Fsp3) is 0. The van der Waals surface area contributed by atoms with Crippen LogP contribution in [-0.2, 0) is 0 Å². The first-order chi connectivity index (χ1) is 49.6. The Hall–Kier alpha value is -13.3. The molecule has 4 heteroatoms. The van der Waals surface area contributed by atoms with Crippen molar-refractivity contribution in [3.05, 3.63) is 425 Å². The molecule has 16 aromatic rings. The van der Waals surface area contributed by atoms with Crippen LogP contribution in [0.4, 0.5) is 68.2 Å². The summed E-state index contributed by atoms with van der Waals surface area (Å²) in [5.74, 6) is 0. The molecule has 0 N–H and O–H groups in total. The van der Waals surface area contributed by atoms with Gasteiger partial charge in [0.05, 0.1) is 0 Å². The molecule has 100 heavy (non-hydrogen) atoms. The SMILES string of the molecule is c1ccc(-c2ccc(-c3ccc(N(c4ccc(-c5ccc(N(c6ccccc6)c6ccc(N(c7ccc(-c8ccccc8)cc7)c7ccc(-c8ccccc8)cc7)cc6)cc5)cc4)c4ccc(N(c5ccc(-c6ccccc6)cc5)c5ccc(-c6ccccc6)cc5)cc4)cc3)cc2)cc1. The molecule has 0 aliphatic rings. The van der Waals surface area contributed by atoms with Crippen LogP contribution in [0.2, 0.25) is 0 Å². The lowest BCUT2D eigenvalue weighted by Crippen LogP contribution is -2.12. The zero-order valence-electron chi connectivity index (χ0n) is 55.2. The smallest absolute Gasteiger partial charge is 0.0463 e.